The number of hydrogen-bond donors (Lipinski definition) is 1. The summed E-state index contributed by atoms with van der Waals surface area (Å²) in [6, 6.07) is 6.04. The van der Waals surface area contributed by atoms with E-state index in [1.165, 1.54) is 18.4 Å². The molecule has 3 heteroatoms. The highest BCUT2D eigenvalue weighted by molar-refractivity contribution is 5.38. The van der Waals surface area contributed by atoms with Crippen LogP contribution in [0.3, 0.4) is 0 Å². The molecule has 2 atom stereocenters. The molecule has 0 saturated carbocycles. The van der Waals surface area contributed by atoms with Crippen molar-refractivity contribution in [2.45, 2.75) is 39.7 Å². The van der Waals surface area contributed by atoms with Crippen molar-refractivity contribution >= 4 is 0 Å². The SMILES string of the molecule is Cc1cccc(OC[C@H](O)CN2CCC[C@H](C)C2)c1C. The second-order valence-electron chi connectivity index (χ2n) is 6.17. The first-order chi connectivity index (χ1) is 9.56. The standard InChI is InChI=1S/C17H27NO2/c1-13-6-5-9-18(10-13)11-16(19)12-20-17-8-4-7-14(2)15(17)3/h4,7-8,13,16,19H,5-6,9-12H2,1-3H3/t13-,16+/m0/s1. The highest BCUT2D eigenvalue weighted by atomic mass is 16.5. The third kappa shape index (κ3) is 4.22. The summed E-state index contributed by atoms with van der Waals surface area (Å²) < 4.78 is 5.77. The van der Waals surface area contributed by atoms with E-state index < -0.39 is 6.10 Å². The van der Waals surface area contributed by atoms with Gasteiger partial charge in [0, 0.05) is 13.1 Å². The lowest BCUT2D eigenvalue weighted by Gasteiger charge is -2.32. The molecule has 0 aliphatic carbocycles. The highest BCUT2D eigenvalue weighted by Gasteiger charge is 2.19. The van der Waals surface area contributed by atoms with Crippen molar-refractivity contribution in [3.63, 3.8) is 0 Å². The molecule has 0 bridgehead atoms. The fourth-order valence-electron chi connectivity index (χ4n) is 2.87. The van der Waals surface area contributed by atoms with Crippen LogP contribution in [0.25, 0.3) is 0 Å². The second kappa shape index (κ2) is 7.09. The molecule has 1 saturated heterocycles. The van der Waals surface area contributed by atoms with E-state index in [-0.39, 0.29) is 0 Å². The van der Waals surface area contributed by atoms with Gasteiger partial charge in [-0.25, -0.2) is 0 Å². The van der Waals surface area contributed by atoms with E-state index >= 15 is 0 Å². The summed E-state index contributed by atoms with van der Waals surface area (Å²) in [7, 11) is 0. The number of likely N-dealkylation sites (tertiary alicyclic amines) is 1. The van der Waals surface area contributed by atoms with Gasteiger partial charge in [-0.2, -0.15) is 0 Å². The van der Waals surface area contributed by atoms with Gasteiger partial charge in [-0.1, -0.05) is 19.1 Å². The Morgan fingerprint density at radius 1 is 1.40 bits per heavy atom. The lowest BCUT2D eigenvalue weighted by Crippen LogP contribution is -2.41. The maximum Gasteiger partial charge on any atom is 0.122 e. The maximum absolute atomic E-state index is 10.1. The van der Waals surface area contributed by atoms with Crippen molar-refractivity contribution in [3.05, 3.63) is 29.3 Å². The minimum Gasteiger partial charge on any atom is -0.491 e. The molecule has 1 aliphatic rings. The van der Waals surface area contributed by atoms with Gasteiger partial charge in [-0.3, -0.25) is 0 Å². The molecule has 3 nitrogen and oxygen atoms in total. The van der Waals surface area contributed by atoms with Crippen molar-refractivity contribution in [1.82, 2.24) is 4.90 Å². The normalized spacial score (nSPS) is 21.7. The number of aliphatic hydroxyl groups is 1. The number of aryl methyl sites for hydroxylation is 1. The van der Waals surface area contributed by atoms with Crippen LogP contribution in [0.15, 0.2) is 18.2 Å². The van der Waals surface area contributed by atoms with Gasteiger partial charge < -0.3 is 14.7 Å². The van der Waals surface area contributed by atoms with Crippen LogP contribution in [-0.2, 0) is 0 Å². The number of ether oxygens (including phenoxy) is 1. The van der Waals surface area contributed by atoms with Crippen LogP contribution in [0.2, 0.25) is 0 Å². The molecule has 1 fully saturated rings. The van der Waals surface area contributed by atoms with Crippen LogP contribution < -0.4 is 4.74 Å². The van der Waals surface area contributed by atoms with Crippen molar-refractivity contribution in [1.29, 1.82) is 0 Å². The number of nitrogens with zero attached hydrogens (tertiary/aromatic N) is 1. The minimum absolute atomic E-state index is 0.370. The quantitative estimate of drug-likeness (QED) is 0.898. The Morgan fingerprint density at radius 3 is 2.95 bits per heavy atom. The van der Waals surface area contributed by atoms with E-state index in [0.717, 1.165) is 36.9 Å². The Labute approximate surface area is 122 Å². The smallest absolute Gasteiger partial charge is 0.122 e. The van der Waals surface area contributed by atoms with Crippen LogP contribution in [0, 0.1) is 19.8 Å². The van der Waals surface area contributed by atoms with E-state index in [2.05, 4.69) is 31.7 Å². The minimum atomic E-state index is -0.416. The van der Waals surface area contributed by atoms with Crippen LogP contribution in [0.1, 0.15) is 30.9 Å². The Hall–Kier alpha value is -1.06. The first kappa shape index (κ1) is 15.3. The Bertz CT molecular complexity index is 433. The predicted molar refractivity (Wildman–Crippen MR) is 82.3 cm³/mol. The van der Waals surface area contributed by atoms with Gasteiger partial charge in [0.1, 0.15) is 18.5 Å². The van der Waals surface area contributed by atoms with E-state index in [1.807, 2.05) is 12.1 Å². The second-order valence-corrected chi connectivity index (χ2v) is 6.17. The zero-order valence-corrected chi connectivity index (χ0v) is 12.9. The van der Waals surface area contributed by atoms with Gasteiger partial charge in [0.25, 0.3) is 0 Å². The van der Waals surface area contributed by atoms with E-state index in [4.69, 9.17) is 4.74 Å². The van der Waals surface area contributed by atoms with Crippen molar-refractivity contribution in [2.75, 3.05) is 26.2 Å². The molecule has 2 rings (SSSR count). The summed E-state index contributed by atoms with van der Waals surface area (Å²) in [5, 5.41) is 10.1. The van der Waals surface area contributed by atoms with E-state index in [9.17, 15) is 5.11 Å². The fourth-order valence-corrected chi connectivity index (χ4v) is 2.87. The van der Waals surface area contributed by atoms with E-state index in [0.29, 0.717) is 6.61 Å². The van der Waals surface area contributed by atoms with Gasteiger partial charge >= 0.3 is 0 Å². The van der Waals surface area contributed by atoms with Gasteiger partial charge in [0.2, 0.25) is 0 Å². The molecule has 112 valence electrons. The molecule has 1 aromatic rings. The molecule has 0 amide bonds. The molecule has 0 aromatic heterocycles. The fraction of sp³-hybridized carbons (Fsp3) is 0.647. The Kier molecular flexibility index (Phi) is 5.44. The van der Waals surface area contributed by atoms with Crippen molar-refractivity contribution < 1.29 is 9.84 Å². The monoisotopic (exact) mass is 277 g/mol. The molecule has 0 spiro atoms. The zero-order valence-electron chi connectivity index (χ0n) is 12.9. The average molecular weight is 277 g/mol. The predicted octanol–water partition coefficient (Wildman–Crippen LogP) is 2.78. The summed E-state index contributed by atoms with van der Waals surface area (Å²) in [4.78, 5) is 2.35. The number of aliphatic hydroxyl groups excluding tert-OH is 1. The number of hydrogen-bond acceptors (Lipinski definition) is 3. The summed E-state index contributed by atoms with van der Waals surface area (Å²) >= 11 is 0. The van der Waals surface area contributed by atoms with Gasteiger partial charge in [-0.15, -0.1) is 0 Å². The molecule has 0 radical (unpaired) electrons. The summed E-state index contributed by atoms with van der Waals surface area (Å²) in [6.07, 6.45) is 2.14. The zero-order chi connectivity index (χ0) is 14.5. The van der Waals surface area contributed by atoms with Crippen LogP contribution in [0.5, 0.6) is 5.75 Å². The van der Waals surface area contributed by atoms with E-state index in [1.54, 1.807) is 0 Å². The topological polar surface area (TPSA) is 32.7 Å². The molecule has 0 unspecified atom stereocenters. The lowest BCUT2D eigenvalue weighted by molar-refractivity contribution is 0.0535. The van der Waals surface area contributed by atoms with Crippen molar-refractivity contribution in [3.8, 4) is 5.75 Å². The third-order valence-corrected chi connectivity index (χ3v) is 4.20. The summed E-state index contributed by atoms with van der Waals surface area (Å²) in [5.41, 5.74) is 2.38. The molecule has 1 aliphatic heterocycles. The van der Waals surface area contributed by atoms with Crippen LogP contribution in [-0.4, -0.2) is 42.4 Å². The molecular formula is C17H27NO2. The number of rotatable bonds is 5. The first-order valence-corrected chi connectivity index (χ1v) is 7.65. The van der Waals surface area contributed by atoms with Crippen LogP contribution >= 0.6 is 0 Å². The summed E-state index contributed by atoms with van der Waals surface area (Å²) in [5.74, 6) is 1.63. The highest BCUT2D eigenvalue weighted by Crippen LogP contribution is 2.21. The number of β-amino-alcohol motifs (C(OH)–C–C–N with tert-alkyl or cyclic N) is 1. The maximum atomic E-state index is 10.1. The molecule has 1 heterocycles. The number of benzene rings is 1. The first-order valence-electron chi connectivity index (χ1n) is 7.65. The molecular weight excluding hydrogens is 250 g/mol. The van der Waals surface area contributed by atoms with Crippen molar-refractivity contribution in [2.24, 2.45) is 5.92 Å². The molecule has 1 N–H and O–H groups in total. The van der Waals surface area contributed by atoms with Gasteiger partial charge in [0.05, 0.1) is 0 Å². The third-order valence-electron chi connectivity index (χ3n) is 4.20. The van der Waals surface area contributed by atoms with Gasteiger partial charge in [0.15, 0.2) is 0 Å². The van der Waals surface area contributed by atoms with Gasteiger partial charge in [-0.05, 0) is 56.3 Å². The number of piperidine rings is 1. The average Bonchev–Trinajstić information content (AvgIpc) is 2.40. The Morgan fingerprint density at radius 2 is 2.20 bits per heavy atom. The molecule has 20 heavy (non-hydrogen) atoms. The largest absolute Gasteiger partial charge is 0.491 e. The summed E-state index contributed by atoms with van der Waals surface area (Å²) in [6.45, 7) is 9.71. The Balaban J connectivity index is 1.80. The lowest BCUT2D eigenvalue weighted by atomic mass is 10.0. The molecule has 1 aromatic carbocycles. The van der Waals surface area contributed by atoms with Crippen LogP contribution in [0.4, 0.5) is 0 Å².